The van der Waals surface area contributed by atoms with E-state index in [4.69, 9.17) is 11.6 Å². The van der Waals surface area contributed by atoms with Crippen LogP contribution in [0.1, 0.15) is 10.5 Å². The van der Waals surface area contributed by atoms with Gasteiger partial charge in [0.2, 0.25) is 0 Å². The third-order valence-electron chi connectivity index (χ3n) is 0.860. The van der Waals surface area contributed by atoms with Crippen LogP contribution in [0.2, 0.25) is 0 Å². The lowest BCUT2D eigenvalue weighted by molar-refractivity contribution is 0.0950. The van der Waals surface area contributed by atoms with Gasteiger partial charge in [-0.3, -0.25) is 10.2 Å². The molecular formula is C3H5N5OS. The highest BCUT2D eigenvalue weighted by molar-refractivity contribution is 6.99. The number of anilines is 1. The molecule has 1 heterocycles. The highest BCUT2D eigenvalue weighted by Gasteiger charge is 2.11. The largest absolute Gasteiger partial charge is 0.381 e. The Morgan fingerprint density at radius 1 is 1.60 bits per heavy atom. The summed E-state index contributed by atoms with van der Waals surface area (Å²) in [7, 11) is 0. The predicted molar refractivity (Wildman–Crippen MR) is 36.0 cm³/mol. The Labute approximate surface area is 60.5 Å². The predicted octanol–water partition coefficient (Wildman–Crippen LogP) is -1.28. The first-order chi connectivity index (χ1) is 4.75. The van der Waals surface area contributed by atoms with Crippen LogP contribution in [0.4, 0.5) is 5.82 Å². The molecule has 0 aliphatic carbocycles. The van der Waals surface area contributed by atoms with E-state index >= 15 is 0 Å². The molecule has 1 amide bonds. The van der Waals surface area contributed by atoms with E-state index in [0.29, 0.717) is 0 Å². The van der Waals surface area contributed by atoms with E-state index < -0.39 is 5.91 Å². The van der Waals surface area contributed by atoms with E-state index in [9.17, 15) is 4.79 Å². The number of aromatic nitrogens is 2. The third-order valence-corrected chi connectivity index (χ3v) is 1.40. The highest BCUT2D eigenvalue weighted by Crippen LogP contribution is 2.05. The molecule has 0 spiro atoms. The third kappa shape index (κ3) is 1.04. The standard InChI is InChI=1S/C3H5N5OS/c4-2-1(3(9)6-5)7-10-8-2/h5H2,(H2,4,8)(H,6,9). The molecule has 54 valence electrons. The van der Waals surface area contributed by atoms with Crippen molar-refractivity contribution in [3.63, 3.8) is 0 Å². The van der Waals surface area contributed by atoms with Gasteiger partial charge in [0.05, 0.1) is 11.7 Å². The van der Waals surface area contributed by atoms with Gasteiger partial charge in [-0.05, 0) is 0 Å². The minimum absolute atomic E-state index is 0.0764. The van der Waals surface area contributed by atoms with E-state index in [-0.39, 0.29) is 11.5 Å². The van der Waals surface area contributed by atoms with Crippen molar-refractivity contribution in [1.82, 2.24) is 14.2 Å². The summed E-state index contributed by atoms with van der Waals surface area (Å²) < 4.78 is 7.18. The van der Waals surface area contributed by atoms with Crippen molar-refractivity contribution in [1.29, 1.82) is 0 Å². The van der Waals surface area contributed by atoms with Gasteiger partial charge in [0, 0.05) is 0 Å². The van der Waals surface area contributed by atoms with Gasteiger partial charge in [0.1, 0.15) is 0 Å². The number of nitrogens with two attached hydrogens (primary N) is 2. The number of hydrogen-bond acceptors (Lipinski definition) is 6. The SMILES string of the molecule is NNC(=O)c1nsnc1N. The first kappa shape index (κ1) is 6.90. The summed E-state index contributed by atoms with van der Waals surface area (Å²) in [6.07, 6.45) is 0. The second-order valence-electron chi connectivity index (χ2n) is 1.47. The molecule has 5 N–H and O–H groups in total. The molecule has 7 heteroatoms. The zero-order chi connectivity index (χ0) is 7.56. The molecule has 1 rings (SSSR count). The van der Waals surface area contributed by atoms with Gasteiger partial charge in [-0.1, -0.05) is 0 Å². The number of amides is 1. The summed E-state index contributed by atoms with van der Waals surface area (Å²) >= 11 is 0.869. The summed E-state index contributed by atoms with van der Waals surface area (Å²) in [4.78, 5) is 10.7. The lowest BCUT2D eigenvalue weighted by atomic mass is 10.4. The number of nitrogen functional groups attached to an aromatic ring is 2. The van der Waals surface area contributed by atoms with Crippen molar-refractivity contribution in [2.24, 2.45) is 5.84 Å². The molecule has 0 radical (unpaired) electrons. The van der Waals surface area contributed by atoms with Crippen LogP contribution in [-0.2, 0) is 0 Å². The number of carbonyl (C=O) groups is 1. The summed E-state index contributed by atoms with van der Waals surface area (Å²) in [5.41, 5.74) is 7.21. The minimum Gasteiger partial charge on any atom is -0.381 e. The molecule has 0 unspecified atom stereocenters. The van der Waals surface area contributed by atoms with Crippen LogP contribution in [-0.4, -0.2) is 14.7 Å². The van der Waals surface area contributed by atoms with Gasteiger partial charge in [-0.15, -0.1) is 0 Å². The lowest BCUT2D eigenvalue weighted by Crippen LogP contribution is -2.30. The topological polar surface area (TPSA) is 107 Å². The van der Waals surface area contributed by atoms with Crippen molar-refractivity contribution >= 4 is 23.5 Å². The number of nitrogens with zero attached hydrogens (tertiary/aromatic N) is 2. The van der Waals surface area contributed by atoms with E-state index in [2.05, 4.69) is 8.75 Å². The Bertz CT molecular complexity index is 245. The Kier molecular flexibility index (Phi) is 1.78. The van der Waals surface area contributed by atoms with Gasteiger partial charge in [0.25, 0.3) is 5.91 Å². The fourth-order valence-electron chi connectivity index (χ4n) is 0.421. The smallest absolute Gasteiger partial charge is 0.288 e. The summed E-state index contributed by atoms with van der Waals surface area (Å²) in [6, 6.07) is 0. The second-order valence-corrected chi connectivity index (χ2v) is 2.00. The van der Waals surface area contributed by atoms with Gasteiger partial charge in [0.15, 0.2) is 11.5 Å². The number of hydrogen-bond donors (Lipinski definition) is 3. The Balaban J connectivity index is 2.93. The quantitative estimate of drug-likeness (QED) is 0.269. The molecule has 1 aromatic rings. The molecule has 1 aromatic heterocycles. The molecule has 0 aromatic carbocycles. The average molecular weight is 159 g/mol. The van der Waals surface area contributed by atoms with Crippen molar-refractivity contribution in [3.8, 4) is 0 Å². The monoisotopic (exact) mass is 159 g/mol. The van der Waals surface area contributed by atoms with Gasteiger partial charge < -0.3 is 5.73 Å². The molecule has 0 bridgehead atoms. The van der Waals surface area contributed by atoms with Crippen LogP contribution in [0.3, 0.4) is 0 Å². The molecule has 0 aliphatic heterocycles. The van der Waals surface area contributed by atoms with Crippen molar-refractivity contribution in [2.75, 3.05) is 5.73 Å². The molecule has 0 saturated heterocycles. The summed E-state index contributed by atoms with van der Waals surface area (Å²) in [6.45, 7) is 0. The molecule has 0 fully saturated rings. The van der Waals surface area contributed by atoms with Crippen LogP contribution in [0.5, 0.6) is 0 Å². The maximum absolute atomic E-state index is 10.7. The fourth-order valence-corrected chi connectivity index (χ4v) is 0.895. The first-order valence-corrected chi connectivity index (χ1v) is 3.07. The fraction of sp³-hybridized carbons (Fsp3) is 0. The Hall–Kier alpha value is -1.21. The molecule has 0 atom stereocenters. The average Bonchev–Trinajstić information content (AvgIpc) is 2.34. The Morgan fingerprint density at radius 2 is 2.30 bits per heavy atom. The van der Waals surface area contributed by atoms with E-state index in [0.717, 1.165) is 11.7 Å². The van der Waals surface area contributed by atoms with E-state index in [1.807, 2.05) is 5.43 Å². The van der Waals surface area contributed by atoms with Crippen LogP contribution < -0.4 is 17.0 Å². The van der Waals surface area contributed by atoms with Crippen LogP contribution in [0, 0.1) is 0 Å². The zero-order valence-corrected chi connectivity index (χ0v) is 5.68. The molecular weight excluding hydrogens is 154 g/mol. The van der Waals surface area contributed by atoms with Gasteiger partial charge in [-0.25, -0.2) is 5.84 Å². The maximum Gasteiger partial charge on any atom is 0.288 e. The maximum atomic E-state index is 10.7. The lowest BCUT2D eigenvalue weighted by Gasteiger charge is -1.91. The minimum atomic E-state index is -0.522. The highest BCUT2D eigenvalue weighted by atomic mass is 32.1. The van der Waals surface area contributed by atoms with Crippen LogP contribution in [0.15, 0.2) is 0 Å². The van der Waals surface area contributed by atoms with E-state index in [1.165, 1.54) is 0 Å². The number of carbonyl (C=O) groups excluding carboxylic acids is 1. The van der Waals surface area contributed by atoms with Crippen molar-refractivity contribution in [2.45, 2.75) is 0 Å². The Morgan fingerprint density at radius 3 is 2.70 bits per heavy atom. The van der Waals surface area contributed by atoms with Crippen molar-refractivity contribution < 1.29 is 4.79 Å². The number of hydrazine groups is 1. The normalized spacial score (nSPS) is 9.30. The van der Waals surface area contributed by atoms with Gasteiger partial charge >= 0.3 is 0 Å². The summed E-state index contributed by atoms with van der Waals surface area (Å²) in [5, 5.41) is 0. The molecule has 0 saturated carbocycles. The summed E-state index contributed by atoms with van der Waals surface area (Å²) in [5.74, 6) is 4.40. The number of rotatable bonds is 1. The van der Waals surface area contributed by atoms with Crippen molar-refractivity contribution in [3.05, 3.63) is 5.69 Å². The molecule has 6 nitrogen and oxygen atoms in total. The number of nitrogens with one attached hydrogen (secondary N) is 1. The van der Waals surface area contributed by atoms with Gasteiger partial charge in [-0.2, -0.15) is 8.75 Å². The second kappa shape index (κ2) is 2.58. The zero-order valence-electron chi connectivity index (χ0n) is 4.87. The first-order valence-electron chi connectivity index (χ1n) is 2.34. The molecule has 10 heavy (non-hydrogen) atoms. The molecule has 0 aliphatic rings. The van der Waals surface area contributed by atoms with E-state index in [1.54, 1.807) is 0 Å². The van der Waals surface area contributed by atoms with Crippen LogP contribution >= 0.6 is 11.7 Å². The van der Waals surface area contributed by atoms with Crippen LogP contribution in [0.25, 0.3) is 0 Å².